The quantitative estimate of drug-likeness (QED) is 0.734. The van der Waals surface area contributed by atoms with Crippen LogP contribution in [0.1, 0.15) is 11.5 Å². The molecule has 1 aromatic carbocycles. The highest BCUT2D eigenvalue weighted by molar-refractivity contribution is 5.76. The first-order chi connectivity index (χ1) is 9.41. The number of nitrogen functional groups attached to an aromatic ring is 1. The average molecular weight is 282 g/mol. The number of benzene rings is 1. The molecule has 3 aromatic rings. The van der Waals surface area contributed by atoms with Crippen LogP contribution in [0.15, 0.2) is 35.0 Å². The van der Waals surface area contributed by atoms with E-state index >= 15 is 0 Å². The standard InChI is InChI=1S/C12H9F3N4O/c13-12(14,15)7-4-17-19(5-7)6-11-18-9-2-1-8(16)3-10(9)20-11/h1-5H,6,16H2. The minimum Gasteiger partial charge on any atom is -0.439 e. The van der Waals surface area contributed by atoms with Gasteiger partial charge in [-0.1, -0.05) is 0 Å². The maximum absolute atomic E-state index is 12.4. The third kappa shape index (κ3) is 2.31. The Labute approximate surface area is 110 Å². The van der Waals surface area contributed by atoms with E-state index in [-0.39, 0.29) is 12.4 Å². The van der Waals surface area contributed by atoms with Crippen molar-refractivity contribution >= 4 is 16.8 Å². The number of halogens is 3. The molecule has 2 heterocycles. The van der Waals surface area contributed by atoms with E-state index in [0.717, 1.165) is 17.1 Å². The van der Waals surface area contributed by atoms with Gasteiger partial charge in [-0.05, 0) is 12.1 Å². The van der Waals surface area contributed by atoms with E-state index in [1.807, 2.05) is 0 Å². The lowest BCUT2D eigenvalue weighted by Crippen LogP contribution is -2.04. The molecule has 3 rings (SSSR count). The van der Waals surface area contributed by atoms with Crippen molar-refractivity contribution in [3.63, 3.8) is 0 Å². The van der Waals surface area contributed by atoms with Gasteiger partial charge in [0.05, 0.1) is 11.8 Å². The van der Waals surface area contributed by atoms with Crippen molar-refractivity contribution in [2.75, 3.05) is 5.73 Å². The SMILES string of the molecule is Nc1ccc2nc(Cn3cc(C(F)(F)F)cn3)oc2c1. The lowest BCUT2D eigenvalue weighted by atomic mass is 10.3. The summed E-state index contributed by atoms with van der Waals surface area (Å²) in [6, 6.07) is 4.96. The normalized spacial score (nSPS) is 12.2. The summed E-state index contributed by atoms with van der Waals surface area (Å²) in [7, 11) is 0. The summed E-state index contributed by atoms with van der Waals surface area (Å²) < 4.78 is 43.9. The molecule has 0 atom stereocenters. The Morgan fingerprint density at radius 1 is 1.30 bits per heavy atom. The smallest absolute Gasteiger partial charge is 0.419 e. The Hall–Kier alpha value is -2.51. The monoisotopic (exact) mass is 282 g/mol. The molecule has 0 aliphatic heterocycles. The van der Waals surface area contributed by atoms with Crippen molar-refractivity contribution < 1.29 is 17.6 Å². The second kappa shape index (κ2) is 4.26. The fourth-order valence-electron chi connectivity index (χ4n) is 1.79. The van der Waals surface area contributed by atoms with E-state index in [2.05, 4.69) is 10.1 Å². The van der Waals surface area contributed by atoms with Gasteiger partial charge in [-0.25, -0.2) is 4.98 Å². The maximum atomic E-state index is 12.4. The van der Waals surface area contributed by atoms with Gasteiger partial charge >= 0.3 is 6.18 Å². The van der Waals surface area contributed by atoms with E-state index in [1.165, 1.54) is 0 Å². The molecule has 104 valence electrons. The molecule has 0 amide bonds. The molecular formula is C12H9F3N4O. The number of anilines is 1. The third-order valence-corrected chi connectivity index (χ3v) is 2.71. The van der Waals surface area contributed by atoms with Gasteiger partial charge in [-0.2, -0.15) is 18.3 Å². The number of fused-ring (bicyclic) bond motifs is 1. The second-order valence-electron chi connectivity index (χ2n) is 4.26. The van der Waals surface area contributed by atoms with Gasteiger partial charge in [-0.3, -0.25) is 4.68 Å². The first-order valence-corrected chi connectivity index (χ1v) is 5.66. The molecule has 0 aliphatic carbocycles. The Balaban J connectivity index is 1.87. The van der Waals surface area contributed by atoms with Gasteiger partial charge < -0.3 is 10.2 Å². The van der Waals surface area contributed by atoms with E-state index in [4.69, 9.17) is 10.2 Å². The van der Waals surface area contributed by atoms with E-state index in [1.54, 1.807) is 18.2 Å². The molecule has 0 aliphatic rings. The highest BCUT2D eigenvalue weighted by Crippen LogP contribution is 2.28. The lowest BCUT2D eigenvalue weighted by molar-refractivity contribution is -0.137. The molecule has 0 bridgehead atoms. The largest absolute Gasteiger partial charge is 0.439 e. The number of hydrogen-bond acceptors (Lipinski definition) is 4. The molecule has 0 radical (unpaired) electrons. The summed E-state index contributed by atoms with van der Waals surface area (Å²) in [5.41, 5.74) is 6.41. The minimum atomic E-state index is -4.41. The topological polar surface area (TPSA) is 69.9 Å². The molecule has 5 nitrogen and oxygen atoms in total. The molecule has 0 saturated carbocycles. The van der Waals surface area contributed by atoms with Gasteiger partial charge in [-0.15, -0.1) is 0 Å². The molecule has 8 heteroatoms. The van der Waals surface area contributed by atoms with Crippen LogP contribution in [0.4, 0.5) is 18.9 Å². The fraction of sp³-hybridized carbons (Fsp3) is 0.167. The highest BCUT2D eigenvalue weighted by Gasteiger charge is 2.32. The Morgan fingerprint density at radius 2 is 2.10 bits per heavy atom. The zero-order valence-corrected chi connectivity index (χ0v) is 10.1. The second-order valence-corrected chi connectivity index (χ2v) is 4.26. The summed E-state index contributed by atoms with van der Waals surface area (Å²) in [6.45, 7) is 0.0185. The summed E-state index contributed by atoms with van der Waals surface area (Å²) in [5, 5.41) is 3.64. The number of rotatable bonds is 2. The molecule has 0 unspecified atom stereocenters. The summed E-state index contributed by atoms with van der Waals surface area (Å²) in [5.74, 6) is 0.266. The third-order valence-electron chi connectivity index (χ3n) is 2.71. The van der Waals surface area contributed by atoms with Gasteiger partial charge in [0.25, 0.3) is 0 Å². The summed E-state index contributed by atoms with van der Waals surface area (Å²) >= 11 is 0. The van der Waals surface area contributed by atoms with Crippen LogP contribution in [0.2, 0.25) is 0 Å². The van der Waals surface area contributed by atoms with Crippen molar-refractivity contribution in [2.24, 2.45) is 0 Å². The van der Waals surface area contributed by atoms with E-state index in [9.17, 15) is 13.2 Å². The Morgan fingerprint density at radius 3 is 2.80 bits per heavy atom. The van der Waals surface area contributed by atoms with Crippen LogP contribution in [0, 0.1) is 0 Å². The molecular weight excluding hydrogens is 273 g/mol. The first kappa shape index (κ1) is 12.5. The predicted molar refractivity (Wildman–Crippen MR) is 64.8 cm³/mol. The van der Waals surface area contributed by atoms with Gasteiger partial charge in [0.2, 0.25) is 5.89 Å². The predicted octanol–water partition coefficient (Wildman–Crippen LogP) is 2.67. The molecule has 0 fully saturated rings. The van der Waals surface area contributed by atoms with Crippen molar-refractivity contribution in [2.45, 2.75) is 12.7 Å². The molecule has 0 saturated heterocycles. The van der Waals surface area contributed by atoms with Crippen LogP contribution in [0.3, 0.4) is 0 Å². The van der Waals surface area contributed by atoms with Crippen molar-refractivity contribution in [1.82, 2.24) is 14.8 Å². The summed E-state index contributed by atoms with van der Waals surface area (Å²) in [4.78, 5) is 4.16. The van der Waals surface area contributed by atoms with Crippen molar-refractivity contribution in [3.05, 3.63) is 42.0 Å². The number of nitrogens with zero attached hydrogens (tertiary/aromatic N) is 3. The van der Waals surface area contributed by atoms with Crippen LogP contribution in [-0.2, 0) is 12.7 Å². The van der Waals surface area contributed by atoms with Crippen molar-refractivity contribution in [1.29, 1.82) is 0 Å². The zero-order valence-electron chi connectivity index (χ0n) is 10.1. The number of alkyl halides is 3. The average Bonchev–Trinajstić information content (AvgIpc) is 2.94. The zero-order chi connectivity index (χ0) is 14.3. The van der Waals surface area contributed by atoms with Crippen LogP contribution in [0.5, 0.6) is 0 Å². The number of hydrogen-bond donors (Lipinski definition) is 1. The molecule has 2 aromatic heterocycles. The fourth-order valence-corrected chi connectivity index (χ4v) is 1.79. The van der Waals surface area contributed by atoms with Gasteiger partial charge in [0, 0.05) is 18.0 Å². The number of nitrogens with two attached hydrogens (primary N) is 1. The van der Waals surface area contributed by atoms with Gasteiger partial charge in [0.15, 0.2) is 5.58 Å². The van der Waals surface area contributed by atoms with Gasteiger partial charge in [0.1, 0.15) is 12.1 Å². The van der Waals surface area contributed by atoms with Crippen LogP contribution < -0.4 is 5.73 Å². The van der Waals surface area contributed by atoms with Crippen molar-refractivity contribution in [3.8, 4) is 0 Å². The van der Waals surface area contributed by atoms with E-state index < -0.39 is 11.7 Å². The highest BCUT2D eigenvalue weighted by atomic mass is 19.4. The number of aromatic nitrogens is 3. The molecule has 20 heavy (non-hydrogen) atoms. The van der Waals surface area contributed by atoms with Crippen LogP contribution >= 0.6 is 0 Å². The molecule has 0 spiro atoms. The summed E-state index contributed by atoms with van der Waals surface area (Å²) in [6.07, 6.45) is -2.74. The minimum absolute atomic E-state index is 0.0185. The first-order valence-electron chi connectivity index (χ1n) is 5.66. The Kier molecular flexibility index (Phi) is 2.66. The maximum Gasteiger partial charge on any atom is 0.419 e. The van der Waals surface area contributed by atoms with Crippen LogP contribution in [-0.4, -0.2) is 14.8 Å². The molecule has 2 N–H and O–H groups in total. The van der Waals surface area contributed by atoms with Crippen LogP contribution in [0.25, 0.3) is 11.1 Å². The number of oxazole rings is 1. The van der Waals surface area contributed by atoms with E-state index in [0.29, 0.717) is 16.8 Å². The Bertz CT molecular complexity index is 759. The lowest BCUT2D eigenvalue weighted by Gasteiger charge is -2.00.